The van der Waals surface area contributed by atoms with E-state index in [9.17, 15) is 14.9 Å². The van der Waals surface area contributed by atoms with Crippen LogP contribution in [0, 0.1) is 24.0 Å². The Bertz CT molecular complexity index is 1250. The molecule has 150 valence electrons. The van der Waals surface area contributed by atoms with Gasteiger partial charge in [0.1, 0.15) is 0 Å². The second kappa shape index (κ2) is 7.84. The SMILES string of the molecule is Cc1noc(-c2ccc(C(=O)Nc3nc(-c4ccc(C)c([N+](=O)[O-])c4)cs3)cc2)n1. The summed E-state index contributed by atoms with van der Waals surface area (Å²) in [4.78, 5) is 31.8. The molecule has 1 amide bonds. The van der Waals surface area contributed by atoms with Crippen molar-refractivity contribution in [3.05, 3.63) is 74.9 Å². The van der Waals surface area contributed by atoms with Gasteiger partial charge in [-0.15, -0.1) is 11.3 Å². The van der Waals surface area contributed by atoms with Gasteiger partial charge in [0.05, 0.1) is 10.6 Å². The quantitative estimate of drug-likeness (QED) is 0.368. The fourth-order valence-electron chi connectivity index (χ4n) is 2.78. The molecule has 0 bridgehead atoms. The van der Waals surface area contributed by atoms with Crippen molar-refractivity contribution in [2.75, 3.05) is 5.32 Å². The number of carbonyl (C=O) groups excluding carboxylic acids is 1. The Morgan fingerprint density at radius 2 is 1.83 bits per heavy atom. The maximum absolute atomic E-state index is 12.5. The van der Waals surface area contributed by atoms with Crippen LogP contribution >= 0.6 is 11.3 Å². The molecule has 2 aromatic heterocycles. The molecule has 0 spiro atoms. The Kier molecular flexibility index (Phi) is 5.07. The van der Waals surface area contributed by atoms with Crippen LogP contribution in [0.1, 0.15) is 21.7 Å². The number of carbonyl (C=O) groups is 1. The van der Waals surface area contributed by atoms with Crippen LogP contribution in [0.4, 0.5) is 10.8 Å². The van der Waals surface area contributed by atoms with Gasteiger partial charge < -0.3 is 4.52 Å². The van der Waals surface area contributed by atoms with Crippen molar-refractivity contribution >= 4 is 28.1 Å². The standard InChI is InChI=1S/C20H15N5O4S/c1-11-3-4-15(9-17(11)25(27)28)16-10-30-20(22-16)23-18(26)13-5-7-14(8-6-13)19-21-12(2)24-29-19/h3-10H,1-2H3,(H,22,23,26). The molecule has 2 aromatic carbocycles. The van der Waals surface area contributed by atoms with E-state index in [0.717, 1.165) is 0 Å². The van der Waals surface area contributed by atoms with Crippen LogP contribution in [0.3, 0.4) is 0 Å². The minimum Gasteiger partial charge on any atom is -0.334 e. The number of aryl methyl sites for hydroxylation is 2. The topological polar surface area (TPSA) is 124 Å². The number of nitrogens with one attached hydrogen (secondary N) is 1. The van der Waals surface area contributed by atoms with Crippen LogP contribution in [0.5, 0.6) is 0 Å². The van der Waals surface area contributed by atoms with Crippen LogP contribution in [-0.2, 0) is 0 Å². The van der Waals surface area contributed by atoms with Gasteiger partial charge in [0, 0.05) is 33.7 Å². The second-order valence-electron chi connectivity index (χ2n) is 6.47. The number of nitro benzene ring substituents is 1. The maximum Gasteiger partial charge on any atom is 0.272 e. The van der Waals surface area contributed by atoms with Gasteiger partial charge in [0.25, 0.3) is 17.5 Å². The van der Waals surface area contributed by atoms with Gasteiger partial charge in [-0.25, -0.2) is 4.98 Å². The van der Waals surface area contributed by atoms with Crippen molar-refractivity contribution in [3.8, 4) is 22.7 Å². The third-order valence-corrected chi connectivity index (χ3v) is 5.11. The van der Waals surface area contributed by atoms with Crippen molar-refractivity contribution in [1.82, 2.24) is 15.1 Å². The average Bonchev–Trinajstić information content (AvgIpc) is 3.37. The van der Waals surface area contributed by atoms with Crippen LogP contribution in [0.2, 0.25) is 0 Å². The summed E-state index contributed by atoms with van der Waals surface area (Å²) in [6, 6.07) is 11.7. The van der Waals surface area contributed by atoms with Crippen molar-refractivity contribution in [1.29, 1.82) is 0 Å². The molecule has 0 saturated heterocycles. The van der Waals surface area contributed by atoms with E-state index in [1.807, 2.05) is 0 Å². The number of aromatic nitrogens is 3. The predicted octanol–water partition coefficient (Wildman–Crippen LogP) is 4.64. The third kappa shape index (κ3) is 3.94. The zero-order valence-corrected chi connectivity index (χ0v) is 16.8. The molecule has 0 fully saturated rings. The van der Waals surface area contributed by atoms with Gasteiger partial charge in [0.15, 0.2) is 11.0 Å². The molecule has 0 aliphatic rings. The number of hydrogen-bond donors (Lipinski definition) is 1. The lowest BCUT2D eigenvalue weighted by molar-refractivity contribution is -0.385. The minimum atomic E-state index is -0.423. The van der Waals surface area contributed by atoms with Crippen LogP contribution in [0.25, 0.3) is 22.7 Å². The number of benzene rings is 2. The fourth-order valence-corrected chi connectivity index (χ4v) is 3.49. The largest absolute Gasteiger partial charge is 0.334 e. The Hall–Kier alpha value is -3.92. The lowest BCUT2D eigenvalue weighted by Gasteiger charge is -2.03. The molecule has 9 nitrogen and oxygen atoms in total. The Balaban J connectivity index is 1.49. The molecule has 0 saturated carbocycles. The third-order valence-electron chi connectivity index (χ3n) is 4.35. The summed E-state index contributed by atoms with van der Waals surface area (Å²) in [5.74, 6) is 0.598. The molecule has 0 radical (unpaired) electrons. The molecule has 2 heterocycles. The number of amides is 1. The summed E-state index contributed by atoms with van der Waals surface area (Å²) >= 11 is 1.24. The first kappa shape index (κ1) is 19.4. The van der Waals surface area contributed by atoms with Crippen LogP contribution in [-0.4, -0.2) is 26.0 Å². The molecular weight excluding hydrogens is 406 g/mol. The summed E-state index contributed by atoms with van der Waals surface area (Å²) < 4.78 is 5.11. The van der Waals surface area contributed by atoms with E-state index < -0.39 is 4.92 Å². The zero-order valence-electron chi connectivity index (χ0n) is 15.9. The number of hydrogen-bond acceptors (Lipinski definition) is 8. The first-order chi connectivity index (χ1) is 14.4. The first-order valence-electron chi connectivity index (χ1n) is 8.84. The number of nitro groups is 1. The van der Waals surface area contributed by atoms with Crippen molar-refractivity contribution in [2.24, 2.45) is 0 Å². The molecule has 4 rings (SSSR count). The highest BCUT2D eigenvalue weighted by molar-refractivity contribution is 7.14. The number of thiazole rings is 1. The Morgan fingerprint density at radius 1 is 1.10 bits per heavy atom. The van der Waals surface area contributed by atoms with Gasteiger partial charge in [-0.1, -0.05) is 17.3 Å². The lowest BCUT2D eigenvalue weighted by Crippen LogP contribution is -2.11. The van der Waals surface area contributed by atoms with Gasteiger partial charge >= 0.3 is 0 Å². The zero-order chi connectivity index (χ0) is 21.3. The van der Waals surface area contributed by atoms with Gasteiger partial charge in [-0.2, -0.15) is 4.98 Å². The number of rotatable bonds is 5. The number of anilines is 1. The van der Waals surface area contributed by atoms with E-state index in [-0.39, 0.29) is 11.6 Å². The molecule has 0 aliphatic carbocycles. The Labute approximate surface area is 174 Å². The highest BCUT2D eigenvalue weighted by atomic mass is 32.1. The summed E-state index contributed by atoms with van der Waals surface area (Å²) in [5, 5.41) is 19.8. The van der Waals surface area contributed by atoms with E-state index in [1.54, 1.807) is 55.6 Å². The van der Waals surface area contributed by atoms with Gasteiger partial charge in [0.2, 0.25) is 0 Å². The Morgan fingerprint density at radius 3 is 2.50 bits per heavy atom. The van der Waals surface area contributed by atoms with Crippen molar-refractivity contribution in [3.63, 3.8) is 0 Å². The minimum absolute atomic E-state index is 0.0302. The van der Waals surface area contributed by atoms with Gasteiger partial charge in [-0.3, -0.25) is 20.2 Å². The lowest BCUT2D eigenvalue weighted by atomic mass is 10.1. The van der Waals surface area contributed by atoms with E-state index in [1.165, 1.54) is 17.4 Å². The van der Waals surface area contributed by atoms with Crippen molar-refractivity contribution < 1.29 is 14.2 Å². The van der Waals surface area contributed by atoms with Crippen LogP contribution in [0.15, 0.2) is 52.4 Å². The summed E-state index contributed by atoms with van der Waals surface area (Å²) in [6.45, 7) is 3.41. The molecular formula is C20H15N5O4S. The average molecular weight is 421 g/mol. The number of nitrogens with zero attached hydrogens (tertiary/aromatic N) is 4. The van der Waals surface area contributed by atoms with E-state index in [4.69, 9.17) is 4.52 Å². The van der Waals surface area contributed by atoms with E-state index >= 15 is 0 Å². The smallest absolute Gasteiger partial charge is 0.272 e. The molecule has 1 N–H and O–H groups in total. The molecule has 0 atom stereocenters. The molecule has 0 unspecified atom stereocenters. The fraction of sp³-hybridized carbons (Fsp3) is 0.100. The summed E-state index contributed by atoms with van der Waals surface area (Å²) in [6.07, 6.45) is 0. The highest BCUT2D eigenvalue weighted by Gasteiger charge is 2.15. The second-order valence-corrected chi connectivity index (χ2v) is 7.33. The summed E-state index contributed by atoms with van der Waals surface area (Å²) in [5.41, 5.74) is 2.93. The maximum atomic E-state index is 12.5. The summed E-state index contributed by atoms with van der Waals surface area (Å²) in [7, 11) is 0. The van der Waals surface area contributed by atoms with Crippen LogP contribution < -0.4 is 5.32 Å². The van der Waals surface area contributed by atoms with Crippen molar-refractivity contribution in [2.45, 2.75) is 13.8 Å². The first-order valence-corrected chi connectivity index (χ1v) is 9.72. The molecule has 30 heavy (non-hydrogen) atoms. The monoisotopic (exact) mass is 421 g/mol. The predicted molar refractivity (Wildman–Crippen MR) is 111 cm³/mol. The molecule has 10 heteroatoms. The molecule has 0 aliphatic heterocycles. The highest BCUT2D eigenvalue weighted by Crippen LogP contribution is 2.29. The van der Waals surface area contributed by atoms with E-state index in [0.29, 0.717) is 44.8 Å². The van der Waals surface area contributed by atoms with Gasteiger partial charge in [-0.05, 0) is 38.1 Å². The van der Waals surface area contributed by atoms with E-state index in [2.05, 4.69) is 20.4 Å². The molecule has 4 aromatic rings. The normalized spacial score (nSPS) is 10.7.